The third-order valence-corrected chi connectivity index (χ3v) is 10.7. The van der Waals surface area contributed by atoms with Gasteiger partial charge in [0.05, 0.1) is 30.2 Å². The molecule has 11 heteroatoms. The molecule has 1 heterocycles. The van der Waals surface area contributed by atoms with Crippen LogP contribution in [0, 0.1) is 17.3 Å². The van der Waals surface area contributed by atoms with Crippen molar-refractivity contribution in [3.63, 3.8) is 0 Å². The Bertz CT molecular complexity index is 1470. The van der Waals surface area contributed by atoms with Gasteiger partial charge in [-0.2, -0.15) is 13.2 Å². The van der Waals surface area contributed by atoms with Gasteiger partial charge < -0.3 is 19.5 Å². The molecule has 254 valence electrons. The van der Waals surface area contributed by atoms with E-state index in [1.54, 1.807) is 38.2 Å². The molecule has 7 nitrogen and oxygen atoms in total. The zero-order valence-corrected chi connectivity index (χ0v) is 28.2. The van der Waals surface area contributed by atoms with Crippen molar-refractivity contribution in [1.82, 2.24) is 10.6 Å². The molecular weight excluding hydrogens is 606 g/mol. The molecular formula is C36H47BF3N3O4. The fraction of sp³-hybridized carbons (Fsp3) is 0.556. The fourth-order valence-corrected chi connectivity index (χ4v) is 7.84. The van der Waals surface area contributed by atoms with Crippen molar-refractivity contribution in [3.05, 3.63) is 77.4 Å². The van der Waals surface area contributed by atoms with Crippen LogP contribution in [0.5, 0.6) is 0 Å². The number of amides is 2. The lowest BCUT2D eigenvalue weighted by atomic mass is 9.43. The number of alkyl halides is 3. The fourth-order valence-electron chi connectivity index (χ4n) is 7.84. The number of anilines is 1. The molecule has 2 amide bonds. The summed E-state index contributed by atoms with van der Waals surface area (Å²) in [4.78, 5) is 28.3. The van der Waals surface area contributed by atoms with E-state index in [4.69, 9.17) is 9.31 Å². The Balaban J connectivity index is 1.37. The maximum Gasteiger partial charge on any atom is 0.482 e. The second-order valence-corrected chi connectivity index (χ2v) is 14.2. The van der Waals surface area contributed by atoms with Crippen LogP contribution in [0.1, 0.15) is 65.0 Å². The maximum atomic E-state index is 14.0. The molecule has 2 N–H and O–H groups in total. The Kier molecular flexibility index (Phi) is 10.3. The summed E-state index contributed by atoms with van der Waals surface area (Å²) in [6, 6.07) is 15.4. The van der Waals surface area contributed by atoms with Crippen LogP contribution < -0.4 is 15.5 Å². The second-order valence-electron chi connectivity index (χ2n) is 14.2. The smallest absolute Gasteiger partial charge is 0.404 e. The minimum atomic E-state index is -4.52. The number of nitrogens with zero attached hydrogens (tertiary/aromatic N) is 1. The summed E-state index contributed by atoms with van der Waals surface area (Å²) in [5, 5.41) is 5.48. The van der Waals surface area contributed by atoms with Crippen LogP contribution in [-0.2, 0) is 31.7 Å². The van der Waals surface area contributed by atoms with Gasteiger partial charge in [-0.3, -0.25) is 14.9 Å². The molecule has 3 saturated carbocycles. The van der Waals surface area contributed by atoms with E-state index < -0.39 is 43.3 Å². The standard InChI is InChI=1S/C36H47BF3N3O4/c1-7-12-23(2)33(45)43(6)27-16-11-15-25(17-27)18-28(41-22-36(38,39)40)32(44)42-31(19-24-13-9-8-10-14-24)37-46-30-21-26-20-29(34(26,3)4)35(30,5)47-37/h8-17,26,28-31,41H,7,18-22H2,1-6H3,(H,42,44)/t26-,28?,29-,30+,31-,35-/m0/s1. The summed E-state index contributed by atoms with van der Waals surface area (Å²) in [7, 11) is 0.898. The summed E-state index contributed by atoms with van der Waals surface area (Å²) in [5.41, 5.74) is 2.36. The van der Waals surface area contributed by atoms with E-state index in [1.807, 2.05) is 43.3 Å². The van der Waals surface area contributed by atoms with Gasteiger partial charge in [0.2, 0.25) is 5.91 Å². The highest BCUT2D eigenvalue weighted by atomic mass is 19.4. The Morgan fingerprint density at radius 3 is 2.43 bits per heavy atom. The first kappa shape index (κ1) is 35.2. The van der Waals surface area contributed by atoms with Crippen molar-refractivity contribution in [2.45, 2.75) is 96.6 Å². The Morgan fingerprint density at radius 1 is 1.06 bits per heavy atom. The van der Waals surface area contributed by atoms with Gasteiger partial charge in [-0.1, -0.05) is 69.3 Å². The average molecular weight is 654 g/mol. The molecule has 4 aliphatic rings. The van der Waals surface area contributed by atoms with E-state index in [1.165, 1.54) is 4.90 Å². The zero-order valence-electron chi connectivity index (χ0n) is 28.2. The van der Waals surface area contributed by atoms with E-state index in [0.717, 1.165) is 18.4 Å². The van der Waals surface area contributed by atoms with Crippen LogP contribution >= 0.6 is 0 Å². The Labute approximate surface area is 276 Å². The van der Waals surface area contributed by atoms with Gasteiger partial charge >= 0.3 is 13.3 Å². The van der Waals surface area contributed by atoms with Gasteiger partial charge in [0.25, 0.3) is 5.91 Å². The molecule has 6 atom stereocenters. The number of carbonyl (C=O) groups is 2. The quantitative estimate of drug-likeness (QED) is 0.215. The summed E-state index contributed by atoms with van der Waals surface area (Å²) >= 11 is 0. The molecule has 4 fully saturated rings. The lowest BCUT2D eigenvalue weighted by molar-refractivity contribution is -0.199. The van der Waals surface area contributed by atoms with Crippen LogP contribution in [-0.4, -0.2) is 62.4 Å². The molecule has 1 unspecified atom stereocenters. The summed E-state index contributed by atoms with van der Waals surface area (Å²) in [6.45, 7) is 9.01. The molecule has 1 aliphatic heterocycles. The number of rotatable bonds is 12. The summed E-state index contributed by atoms with van der Waals surface area (Å²) < 4.78 is 53.6. The number of carbonyl (C=O) groups excluding carboxylic acids is 2. The number of halogens is 3. The van der Waals surface area contributed by atoms with Crippen molar-refractivity contribution in [1.29, 1.82) is 0 Å². The molecule has 0 radical (unpaired) electrons. The van der Waals surface area contributed by atoms with Crippen LogP contribution in [0.4, 0.5) is 18.9 Å². The third kappa shape index (κ3) is 7.63. The highest BCUT2D eigenvalue weighted by molar-refractivity contribution is 6.48. The van der Waals surface area contributed by atoms with E-state index in [-0.39, 0.29) is 23.8 Å². The predicted molar refractivity (Wildman–Crippen MR) is 178 cm³/mol. The maximum absolute atomic E-state index is 14.0. The van der Waals surface area contributed by atoms with Crippen molar-refractivity contribution in [2.75, 3.05) is 18.5 Å². The SMILES string of the molecule is CCC=C(C)C(=O)N(C)c1cccc(CC(NCC(F)(F)F)C(=O)N[C@@H](Cc2ccccc2)B2O[C@@H]3C[C@@H]4C[C@@H](C4(C)C)[C@]3(C)O2)c1. The van der Waals surface area contributed by atoms with E-state index in [9.17, 15) is 22.8 Å². The molecule has 0 spiro atoms. The first-order valence-corrected chi connectivity index (χ1v) is 16.6. The number of hydrogen-bond acceptors (Lipinski definition) is 5. The van der Waals surface area contributed by atoms with Crippen molar-refractivity contribution < 1.29 is 32.1 Å². The molecule has 6 rings (SSSR count). The summed E-state index contributed by atoms with van der Waals surface area (Å²) in [5.74, 6) is -0.530. The summed E-state index contributed by atoms with van der Waals surface area (Å²) in [6.07, 6.45) is 0.233. The van der Waals surface area contributed by atoms with Gasteiger partial charge in [0.15, 0.2) is 0 Å². The number of nitrogens with one attached hydrogen (secondary N) is 2. The highest BCUT2D eigenvalue weighted by Gasteiger charge is 2.68. The first-order valence-electron chi connectivity index (χ1n) is 16.6. The molecule has 1 saturated heterocycles. The van der Waals surface area contributed by atoms with Crippen LogP contribution in [0.2, 0.25) is 0 Å². The minimum Gasteiger partial charge on any atom is -0.404 e. The average Bonchev–Trinajstić information content (AvgIpc) is 3.39. The third-order valence-electron chi connectivity index (χ3n) is 10.7. The van der Waals surface area contributed by atoms with Gasteiger partial charge in [0.1, 0.15) is 0 Å². The lowest BCUT2D eigenvalue weighted by Crippen LogP contribution is -2.65. The van der Waals surface area contributed by atoms with Gasteiger partial charge in [-0.15, -0.1) is 0 Å². The van der Waals surface area contributed by atoms with E-state index >= 15 is 0 Å². The number of allylic oxidation sites excluding steroid dienone is 1. The predicted octanol–water partition coefficient (Wildman–Crippen LogP) is 6.06. The normalized spacial score (nSPS) is 26.2. The first-order chi connectivity index (χ1) is 22.1. The lowest BCUT2D eigenvalue weighted by Gasteiger charge is -2.64. The molecule has 2 aromatic carbocycles. The number of hydrogen-bond donors (Lipinski definition) is 2. The van der Waals surface area contributed by atoms with E-state index in [0.29, 0.717) is 41.5 Å². The topological polar surface area (TPSA) is 79.9 Å². The van der Waals surface area contributed by atoms with Gasteiger partial charge in [0, 0.05) is 18.3 Å². The number of benzene rings is 2. The Morgan fingerprint density at radius 2 is 1.77 bits per heavy atom. The highest BCUT2D eigenvalue weighted by Crippen LogP contribution is 2.65. The van der Waals surface area contributed by atoms with Crippen LogP contribution in [0.3, 0.4) is 0 Å². The van der Waals surface area contributed by atoms with Crippen molar-refractivity contribution >= 4 is 24.6 Å². The van der Waals surface area contributed by atoms with Crippen LogP contribution in [0.25, 0.3) is 0 Å². The largest absolute Gasteiger partial charge is 0.482 e. The molecule has 2 aromatic rings. The molecule has 0 aromatic heterocycles. The number of likely N-dealkylation sites (N-methyl/N-ethyl adjacent to an activating group) is 1. The second kappa shape index (κ2) is 13.8. The molecule has 47 heavy (non-hydrogen) atoms. The van der Waals surface area contributed by atoms with Crippen LogP contribution in [0.15, 0.2) is 66.2 Å². The van der Waals surface area contributed by atoms with Crippen molar-refractivity contribution in [2.24, 2.45) is 17.3 Å². The zero-order chi connectivity index (χ0) is 34.1. The Hall–Kier alpha value is -3.15. The van der Waals surface area contributed by atoms with Gasteiger partial charge in [-0.25, -0.2) is 0 Å². The monoisotopic (exact) mass is 653 g/mol. The van der Waals surface area contributed by atoms with Crippen molar-refractivity contribution in [3.8, 4) is 0 Å². The molecule has 3 aliphatic carbocycles. The molecule has 2 bridgehead atoms. The van der Waals surface area contributed by atoms with E-state index in [2.05, 4.69) is 31.4 Å². The van der Waals surface area contributed by atoms with Gasteiger partial charge in [-0.05, 0) is 86.5 Å². The minimum absolute atomic E-state index is 0.0235.